The Labute approximate surface area is 178 Å². The minimum atomic E-state index is -1.07. The number of carboxylic acid groups (broad SMARTS) is 1. The van der Waals surface area contributed by atoms with E-state index in [0.29, 0.717) is 25.1 Å². The number of aliphatic carboxylic acids is 1. The molecule has 2 aromatic carbocycles. The Morgan fingerprint density at radius 1 is 1.19 bits per heavy atom. The van der Waals surface area contributed by atoms with Gasteiger partial charge in [0.15, 0.2) is 6.61 Å². The van der Waals surface area contributed by atoms with Crippen LogP contribution in [0.5, 0.6) is 5.75 Å². The Balaban J connectivity index is 1.79. The number of hydrogen-bond acceptors (Lipinski definition) is 4. The molecular formula is C23H23N3O5. The number of anilines is 1. The molecule has 3 aromatic rings. The third-order valence-electron chi connectivity index (χ3n) is 5.53. The summed E-state index contributed by atoms with van der Waals surface area (Å²) >= 11 is 0. The van der Waals surface area contributed by atoms with Crippen molar-refractivity contribution in [1.82, 2.24) is 4.57 Å². The van der Waals surface area contributed by atoms with Gasteiger partial charge < -0.3 is 25.5 Å². The van der Waals surface area contributed by atoms with Crippen LogP contribution < -0.4 is 15.8 Å². The van der Waals surface area contributed by atoms with Gasteiger partial charge in [0, 0.05) is 30.2 Å². The third-order valence-corrected chi connectivity index (χ3v) is 5.53. The van der Waals surface area contributed by atoms with Crippen molar-refractivity contribution in [3.05, 3.63) is 59.3 Å². The highest BCUT2D eigenvalue weighted by molar-refractivity contribution is 5.98. The molecule has 0 saturated heterocycles. The maximum absolute atomic E-state index is 12.1. The zero-order valence-electron chi connectivity index (χ0n) is 17.1. The number of ether oxygens (including phenoxy) is 1. The van der Waals surface area contributed by atoms with Crippen LogP contribution in [0.25, 0.3) is 10.9 Å². The van der Waals surface area contributed by atoms with E-state index in [9.17, 15) is 14.4 Å². The normalized spacial score (nSPS) is 14.9. The van der Waals surface area contributed by atoms with Gasteiger partial charge in [0.1, 0.15) is 5.75 Å². The SMILES string of the molecule is CC(=O)Nc1ccc(Cn2c3c(c4c(OCC(=O)O)cccc42)C(C(N)=O)CC3)cc1. The van der Waals surface area contributed by atoms with E-state index in [1.165, 1.54) is 6.92 Å². The Morgan fingerprint density at radius 2 is 1.94 bits per heavy atom. The first kappa shape index (κ1) is 20.5. The number of hydrogen-bond donors (Lipinski definition) is 3. The maximum Gasteiger partial charge on any atom is 0.341 e. The van der Waals surface area contributed by atoms with Crippen LogP contribution in [0.4, 0.5) is 5.69 Å². The number of benzene rings is 2. The number of nitrogens with zero attached hydrogens (tertiary/aromatic N) is 1. The van der Waals surface area contributed by atoms with E-state index in [1.54, 1.807) is 6.07 Å². The van der Waals surface area contributed by atoms with E-state index in [0.717, 1.165) is 33.4 Å². The molecule has 1 heterocycles. The number of carboxylic acids is 1. The Morgan fingerprint density at radius 3 is 2.58 bits per heavy atom. The van der Waals surface area contributed by atoms with Crippen LogP contribution >= 0.6 is 0 Å². The zero-order chi connectivity index (χ0) is 22.1. The number of carbonyl (C=O) groups excluding carboxylic acids is 2. The number of rotatable bonds is 7. The molecule has 160 valence electrons. The summed E-state index contributed by atoms with van der Waals surface area (Å²) in [7, 11) is 0. The molecule has 0 bridgehead atoms. The average Bonchev–Trinajstić information content (AvgIpc) is 3.27. The highest BCUT2D eigenvalue weighted by Gasteiger charge is 2.34. The number of fused-ring (bicyclic) bond motifs is 3. The van der Waals surface area contributed by atoms with Gasteiger partial charge in [-0.05, 0) is 48.2 Å². The van der Waals surface area contributed by atoms with E-state index in [1.807, 2.05) is 36.4 Å². The Bertz CT molecular complexity index is 1180. The molecule has 8 nitrogen and oxygen atoms in total. The van der Waals surface area contributed by atoms with E-state index in [-0.39, 0.29) is 5.91 Å². The fourth-order valence-electron chi connectivity index (χ4n) is 4.32. The van der Waals surface area contributed by atoms with Gasteiger partial charge in [-0.3, -0.25) is 9.59 Å². The van der Waals surface area contributed by atoms with Crippen molar-refractivity contribution in [2.45, 2.75) is 32.2 Å². The van der Waals surface area contributed by atoms with E-state index < -0.39 is 24.4 Å². The van der Waals surface area contributed by atoms with Gasteiger partial charge in [-0.1, -0.05) is 18.2 Å². The number of nitrogens with two attached hydrogens (primary N) is 1. The molecule has 4 rings (SSSR count). The monoisotopic (exact) mass is 421 g/mol. The van der Waals surface area contributed by atoms with Crippen LogP contribution in [0.3, 0.4) is 0 Å². The van der Waals surface area contributed by atoms with Crippen molar-refractivity contribution in [2.24, 2.45) is 5.73 Å². The first-order chi connectivity index (χ1) is 14.8. The molecule has 2 amide bonds. The van der Waals surface area contributed by atoms with Crippen LogP contribution in [0.1, 0.15) is 36.1 Å². The molecular weight excluding hydrogens is 398 g/mol. The molecule has 1 atom stereocenters. The first-order valence-electron chi connectivity index (χ1n) is 9.99. The van der Waals surface area contributed by atoms with Crippen LogP contribution in [-0.2, 0) is 27.3 Å². The van der Waals surface area contributed by atoms with Crippen molar-refractivity contribution in [1.29, 1.82) is 0 Å². The lowest BCUT2D eigenvalue weighted by atomic mass is 9.99. The smallest absolute Gasteiger partial charge is 0.341 e. The van der Waals surface area contributed by atoms with Gasteiger partial charge in [-0.2, -0.15) is 0 Å². The van der Waals surface area contributed by atoms with Crippen molar-refractivity contribution < 1.29 is 24.2 Å². The number of carbonyl (C=O) groups is 3. The summed E-state index contributed by atoms with van der Waals surface area (Å²) in [6.07, 6.45) is 1.31. The summed E-state index contributed by atoms with van der Waals surface area (Å²) in [5, 5.41) is 12.5. The van der Waals surface area contributed by atoms with Crippen LogP contribution in [0.15, 0.2) is 42.5 Å². The summed E-state index contributed by atoms with van der Waals surface area (Å²) in [6, 6.07) is 13.0. The highest BCUT2D eigenvalue weighted by atomic mass is 16.5. The number of nitrogens with one attached hydrogen (secondary N) is 1. The van der Waals surface area contributed by atoms with Crippen LogP contribution in [0, 0.1) is 0 Å². The van der Waals surface area contributed by atoms with Crippen LogP contribution in [-0.4, -0.2) is 34.1 Å². The van der Waals surface area contributed by atoms with Gasteiger partial charge in [0.25, 0.3) is 0 Å². The minimum Gasteiger partial charge on any atom is -0.481 e. The average molecular weight is 421 g/mol. The van der Waals surface area contributed by atoms with Crippen molar-refractivity contribution in [3.63, 3.8) is 0 Å². The molecule has 0 radical (unpaired) electrons. The second kappa shape index (κ2) is 8.14. The van der Waals surface area contributed by atoms with Crippen molar-refractivity contribution in [3.8, 4) is 5.75 Å². The van der Waals surface area contributed by atoms with Gasteiger partial charge >= 0.3 is 5.97 Å². The molecule has 0 saturated carbocycles. The quantitative estimate of drug-likeness (QED) is 0.541. The molecule has 4 N–H and O–H groups in total. The largest absolute Gasteiger partial charge is 0.481 e. The molecule has 0 aliphatic heterocycles. The van der Waals surface area contributed by atoms with Gasteiger partial charge in [-0.25, -0.2) is 4.79 Å². The molecule has 31 heavy (non-hydrogen) atoms. The summed E-state index contributed by atoms with van der Waals surface area (Å²) in [4.78, 5) is 34.4. The summed E-state index contributed by atoms with van der Waals surface area (Å²) in [6.45, 7) is 1.55. The highest BCUT2D eigenvalue weighted by Crippen LogP contribution is 2.44. The maximum atomic E-state index is 12.1. The molecule has 1 aliphatic rings. The number of primary amides is 1. The standard InChI is InChI=1S/C23H23N3O5/c1-13(27)25-15-7-5-14(6-8-15)11-26-17-3-2-4-19(31-12-20(28)29)22(17)21-16(23(24)30)9-10-18(21)26/h2-8,16H,9-12H2,1H3,(H2,24,30)(H,25,27)(H,28,29). The van der Waals surface area contributed by atoms with Gasteiger partial charge in [-0.15, -0.1) is 0 Å². The zero-order valence-corrected chi connectivity index (χ0v) is 17.1. The van der Waals surface area contributed by atoms with E-state index >= 15 is 0 Å². The lowest BCUT2D eigenvalue weighted by molar-refractivity contribution is -0.139. The summed E-state index contributed by atoms with van der Waals surface area (Å²) in [5.74, 6) is -1.60. The fraction of sp³-hybridized carbons (Fsp3) is 0.261. The van der Waals surface area contributed by atoms with E-state index in [2.05, 4.69) is 9.88 Å². The molecule has 1 aromatic heterocycles. The van der Waals surface area contributed by atoms with Gasteiger partial charge in [0.05, 0.1) is 11.4 Å². The first-order valence-corrected chi connectivity index (χ1v) is 9.99. The molecule has 1 aliphatic carbocycles. The van der Waals surface area contributed by atoms with Crippen LogP contribution in [0.2, 0.25) is 0 Å². The van der Waals surface area contributed by atoms with Crippen molar-refractivity contribution >= 4 is 34.4 Å². The fourth-order valence-corrected chi connectivity index (χ4v) is 4.32. The second-order valence-electron chi connectivity index (χ2n) is 7.65. The summed E-state index contributed by atoms with van der Waals surface area (Å²) < 4.78 is 7.68. The molecule has 0 fully saturated rings. The van der Waals surface area contributed by atoms with Crippen molar-refractivity contribution in [2.75, 3.05) is 11.9 Å². The van der Waals surface area contributed by atoms with Gasteiger partial charge in [0.2, 0.25) is 11.8 Å². The third kappa shape index (κ3) is 3.96. The number of aromatic nitrogens is 1. The lowest BCUT2D eigenvalue weighted by Gasteiger charge is -2.12. The summed E-state index contributed by atoms with van der Waals surface area (Å²) in [5.41, 5.74) is 10.1. The number of amides is 2. The molecule has 0 spiro atoms. The Kier molecular flexibility index (Phi) is 5.37. The second-order valence-corrected chi connectivity index (χ2v) is 7.65. The molecule has 8 heteroatoms. The van der Waals surface area contributed by atoms with E-state index in [4.69, 9.17) is 15.6 Å². The predicted octanol–water partition coefficient (Wildman–Crippen LogP) is 2.63. The lowest BCUT2D eigenvalue weighted by Crippen LogP contribution is -2.19. The minimum absolute atomic E-state index is 0.131. The Hall–Kier alpha value is -3.81. The topological polar surface area (TPSA) is 124 Å². The predicted molar refractivity (Wildman–Crippen MR) is 115 cm³/mol. The molecule has 1 unspecified atom stereocenters.